The van der Waals surface area contributed by atoms with Crippen LogP contribution in [0.5, 0.6) is 0 Å². The van der Waals surface area contributed by atoms with Gasteiger partial charge in [-0.3, -0.25) is 0 Å². The summed E-state index contributed by atoms with van der Waals surface area (Å²) < 4.78 is 5.51. The molecule has 94 valence electrons. The van der Waals surface area contributed by atoms with Gasteiger partial charge in [-0.05, 0) is 36.3 Å². The first kappa shape index (κ1) is 12.4. The average molecular weight is 233 g/mol. The Hall–Kier alpha value is -1.02. The van der Waals surface area contributed by atoms with Crippen LogP contribution in [-0.2, 0) is 4.74 Å². The van der Waals surface area contributed by atoms with Crippen molar-refractivity contribution in [1.82, 2.24) is 0 Å². The molecule has 1 heterocycles. The number of nitrogens with one attached hydrogen (secondary N) is 1. The first-order chi connectivity index (χ1) is 8.27. The zero-order valence-corrected chi connectivity index (χ0v) is 10.9. The van der Waals surface area contributed by atoms with Crippen molar-refractivity contribution in [3.63, 3.8) is 0 Å². The van der Waals surface area contributed by atoms with Crippen molar-refractivity contribution < 1.29 is 4.74 Å². The van der Waals surface area contributed by atoms with Crippen LogP contribution in [0.1, 0.15) is 38.2 Å². The normalized spacial score (nSPS) is 20.5. The highest BCUT2D eigenvalue weighted by molar-refractivity contribution is 5.52. The largest absolute Gasteiger partial charge is 0.384 e. The van der Waals surface area contributed by atoms with Crippen LogP contribution in [-0.4, -0.2) is 19.8 Å². The van der Waals surface area contributed by atoms with E-state index in [0.717, 1.165) is 19.8 Å². The van der Waals surface area contributed by atoms with Gasteiger partial charge in [0.1, 0.15) is 0 Å². The van der Waals surface area contributed by atoms with E-state index in [1.807, 2.05) is 0 Å². The molecule has 1 N–H and O–H groups in total. The van der Waals surface area contributed by atoms with E-state index in [-0.39, 0.29) is 0 Å². The summed E-state index contributed by atoms with van der Waals surface area (Å²) >= 11 is 0. The number of hydrogen-bond acceptors (Lipinski definition) is 2. The van der Waals surface area contributed by atoms with Gasteiger partial charge in [-0.15, -0.1) is 0 Å². The van der Waals surface area contributed by atoms with E-state index in [0.29, 0.717) is 11.8 Å². The SMILES string of the molecule is CC(C)c1ccccc1NCC1CCCOC1. The molecule has 0 amide bonds. The van der Waals surface area contributed by atoms with E-state index in [1.165, 1.54) is 24.1 Å². The highest BCUT2D eigenvalue weighted by Crippen LogP contribution is 2.24. The molecule has 1 aliphatic rings. The van der Waals surface area contributed by atoms with E-state index in [4.69, 9.17) is 4.74 Å². The van der Waals surface area contributed by atoms with Gasteiger partial charge in [0.2, 0.25) is 0 Å². The summed E-state index contributed by atoms with van der Waals surface area (Å²) in [5, 5.41) is 3.58. The minimum absolute atomic E-state index is 0.571. The molecule has 1 aliphatic heterocycles. The number of rotatable bonds is 4. The van der Waals surface area contributed by atoms with E-state index in [1.54, 1.807) is 0 Å². The predicted molar refractivity (Wildman–Crippen MR) is 72.6 cm³/mol. The van der Waals surface area contributed by atoms with Gasteiger partial charge in [-0.25, -0.2) is 0 Å². The van der Waals surface area contributed by atoms with Gasteiger partial charge in [-0.2, -0.15) is 0 Å². The van der Waals surface area contributed by atoms with Crippen LogP contribution in [0.2, 0.25) is 0 Å². The molecule has 2 nitrogen and oxygen atoms in total. The molecule has 17 heavy (non-hydrogen) atoms. The van der Waals surface area contributed by atoms with E-state index in [2.05, 4.69) is 43.4 Å². The third-order valence-corrected chi connectivity index (χ3v) is 3.42. The first-order valence-corrected chi connectivity index (χ1v) is 6.68. The molecule has 1 fully saturated rings. The summed E-state index contributed by atoms with van der Waals surface area (Å²) in [5.41, 5.74) is 2.69. The van der Waals surface area contributed by atoms with Crippen molar-refractivity contribution in [2.24, 2.45) is 5.92 Å². The minimum atomic E-state index is 0.571. The molecular formula is C15H23NO. The van der Waals surface area contributed by atoms with Crippen molar-refractivity contribution in [3.8, 4) is 0 Å². The van der Waals surface area contributed by atoms with Crippen LogP contribution in [0.25, 0.3) is 0 Å². The van der Waals surface area contributed by atoms with E-state index >= 15 is 0 Å². The van der Waals surface area contributed by atoms with Gasteiger partial charge in [0.25, 0.3) is 0 Å². The third-order valence-electron chi connectivity index (χ3n) is 3.42. The Morgan fingerprint density at radius 2 is 2.18 bits per heavy atom. The highest BCUT2D eigenvalue weighted by atomic mass is 16.5. The summed E-state index contributed by atoms with van der Waals surface area (Å²) in [4.78, 5) is 0. The Labute approximate surface area is 104 Å². The standard InChI is InChI=1S/C15H23NO/c1-12(2)14-7-3-4-8-15(14)16-10-13-6-5-9-17-11-13/h3-4,7-8,12-13,16H,5-6,9-11H2,1-2H3. The molecule has 2 rings (SSSR count). The lowest BCUT2D eigenvalue weighted by Crippen LogP contribution is -2.24. The highest BCUT2D eigenvalue weighted by Gasteiger charge is 2.14. The molecule has 0 bridgehead atoms. The fourth-order valence-electron chi connectivity index (χ4n) is 2.38. The summed E-state index contributed by atoms with van der Waals surface area (Å²) in [6.45, 7) is 7.37. The number of benzene rings is 1. The Bertz CT molecular complexity index is 343. The Kier molecular flexibility index (Phi) is 4.43. The molecule has 2 heteroatoms. The quantitative estimate of drug-likeness (QED) is 0.857. The van der Waals surface area contributed by atoms with Crippen molar-refractivity contribution in [2.75, 3.05) is 25.1 Å². The minimum Gasteiger partial charge on any atom is -0.384 e. The lowest BCUT2D eigenvalue weighted by atomic mass is 9.99. The van der Waals surface area contributed by atoms with Crippen LogP contribution in [0, 0.1) is 5.92 Å². The maximum absolute atomic E-state index is 5.51. The molecule has 1 aromatic rings. The van der Waals surface area contributed by atoms with Crippen molar-refractivity contribution >= 4 is 5.69 Å². The Morgan fingerprint density at radius 1 is 1.35 bits per heavy atom. The molecule has 0 aliphatic carbocycles. The van der Waals surface area contributed by atoms with Crippen molar-refractivity contribution in [1.29, 1.82) is 0 Å². The fraction of sp³-hybridized carbons (Fsp3) is 0.600. The van der Waals surface area contributed by atoms with Gasteiger partial charge >= 0.3 is 0 Å². The lowest BCUT2D eigenvalue weighted by molar-refractivity contribution is 0.0595. The van der Waals surface area contributed by atoms with Gasteiger partial charge < -0.3 is 10.1 Å². The number of ether oxygens (including phenoxy) is 1. The monoisotopic (exact) mass is 233 g/mol. The third kappa shape index (κ3) is 3.47. The molecule has 0 aromatic heterocycles. The molecule has 0 spiro atoms. The van der Waals surface area contributed by atoms with Crippen molar-refractivity contribution in [2.45, 2.75) is 32.6 Å². The second kappa shape index (κ2) is 6.06. The Balaban J connectivity index is 1.93. The van der Waals surface area contributed by atoms with Crippen LogP contribution < -0.4 is 5.32 Å². The smallest absolute Gasteiger partial charge is 0.0511 e. The zero-order chi connectivity index (χ0) is 12.1. The average Bonchev–Trinajstić information content (AvgIpc) is 2.38. The van der Waals surface area contributed by atoms with Gasteiger partial charge in [0.15, 0.2) is 0 Å². The number of anilines is 1. The van der Waals surface area contributed by atoms with E-state index < -0.39 is 0 Å². The van der Waals surface area contributed by atoms with Crippen LogP contribution in [0.4, 0.5) is 5.69 Å². The fourth-order valence-corrected chi connectivity index (χ4v) is 2.38. The zero-order valence-electron chi connectivity index (χ0n) is 10.9. The van der Waals surface area contributed by atoms with Crippen LogP contribution >= 0.6 is 0 Å². The topological polar surface area (TPSA) is 21.3 Å². The number of para-hydroxylation sites is 1. The van der Waals surface area contributed by atoms with Gasteiger partial charge in [0, 0.05) is 18.8 Å². The lowest BCUT2D eigenvalue weighted by Gasteiger charge is -2.23. The van der Waals surface area contributed by atoms with Crippen LogP contribution in [0.3, 0.4) is 0 Å². The van der Waals surface area contributed by atoms with Gasteiger partial charge in [0.05, 0.1) is 6.61 Å². The van der Waals surface area contributed by atoms with Gasteiger partial charge in [-0.1, -0.05) is 32.0 Å². The maximum Gasteiger partial charge on any atom is 0.0511 e. The summed E-state index contributed by atoms with van der Waals surface area (Å²) in [7, 11) is 0. The molecule has 0 radical (unpaired) electrons. The second-order valence-electron chi connectivity index (χ2n) is 5.21. The molecule has 1 aromatic carbocycles. The summed E-state index contributed by atoms with van der Waals surface area (Å²) in [6, 6.07) is 8.61. The molecule has 0 saturated carbocycles. The predicted octanol–water partition coefficient (Wildman–Crippen LogP) is 3.65. The first-order valence-electron chi connectivity index (χ1n) is 6.68. The maximum atomic E-state index is 5.51. The second-order valence-corrected chi connectivity index (χ2v) is 5.21. The van der Waals surface area contributed by atoms with E-state index in [9.17, 15) is 0 Å². The molecule has 1 saturated heterocycles. The van der Waals surface area contributed by atoms with Crippen LogP contribution in [0.15, 0.2) is 24.3 Å². The molecule has 1 atom stereocenters. The molecule has 1 unspecified atom stereocenters. The summed E-state index contributed by atoms with van der Waals surface area (Å²) in [5.74, 6) is 1.24. The molecular weight excluding hydrogens is 210 g/mol. The Morgan fingerprint density at radius 3 is 2.88 bits per heavy atom. The summed E-state index contributed by atoms with van der Waals surface area (Å²) in [6.07, 6.45) is 2.50. The van der Waals surface area contributed by atoms with Crippen molar-refractivity contribution in [3.05, 3.63) is 29.8 Å². The number of hydrogen-bond donors (Lipinski definition) is 1.